The molecule has 7 heteroatoms. The fourth-order valence-electron chi connectivity index (χ4n) is 1.23. The van der Waals surface area contributed by atoms with Gasteiger partial charge in [-0.15, -0.1) is 0 Å². The van der Waals surface area contributed by atoms with Crippen LogP contribution in [0.15, 0.2) is 22.9 Å². The Labute approximate surface area is 97.4 Å². The van der Waals surface area contributed by atoms with E-state index in [4.69, 9.17) is 11.6 Å². The van der Waals surface area contributed by atoms with Crippen molar-refractivity contribution in [3.63, 3.8) is 0 Å². The Morgan fingerprint density at radius 2 is 2.13 bits per heavy atom. The maximum atomic E-state index is 10.8. The molecular formula is C8H3BrClN3O2. The third-order valence-corrected chi connectivity index (χ3v) is 2.81. The molecule has 0 aliphatic rings. The van der Waals surface area contributed by atoms with E-state index >= 15 is 0 Å². The Kier molecular flexibility index (Phi) is 2.54. The summed E-state index contributed by atoms with van der Waals surface area (Å²) >= 11 is 8.89. The predicted molar refractivity (Wildman–Crippen MR) is 58.9 cm³/mol. The summed E-state index contributed by atoms with van der Waals surface area (Å²) in [6.45, 7) is 0. The molecule has 1 heterocycles. The van der Waals surface area contributed by atoms with Crippen LogP contribution in [0.3, 0.4) is 0 Å². The Hall–Kier alpha value is -1.27. The van der Waals surface area contributed by atoms with E-state index in [1.54, 1.807) is 12.1 Å². The number of rotatable bonds is 1. The van der Waals surface area contributed by atoms with Gasteiger partial charge in [-0.2, -0.15) is 0 Å². The molecule has 0 amide bonds. The molecule has 1 aromatic heterocycles. The van der Waals surface area contributed by atoms with Crippen molar-refractivity contribution >= 4 is 44.1 Å². The van der Waals surface area contributed by atoms with Gasteiger partial charge in [0, 0.05) is 5.39 Å². The van der Waals surface area contributed by atoms with Crippen LogP contribution in [0, 0.1) is 10.1 Å². The minimum Gasteiger partial charge on any atom is -0.258 e. The van der Waals surface area contributed by atoms with Crippen molar-refractivity contribution in [2.24, 2.45) is 0 Å². The average molecular weight is 288 g/mol. The van der Waals surface area contributed by atoms with Crippen LogP contribution in [0.1, 0.15) is 0 Å². The maximum absolute atomic E-state index is 10.8. The first-order chi connectivity index (χ1) is 7.11. The van der Waals surface area contributed by atoms with Crippen LogP contribution in [0.2, 0.25) is 5.15 Å². The minimum absolute atomic E-state index is 0.100. The molecule has 15 heavy (non-hydrogen) atoms. The van der Waals surface area contributed by atoms with Crippen LogP contribution in [-0.2, 0) is 0 Å². The molecule has 0 saturated heterocycles. The first-order valence-corrected chi connectivity index (χ1v) is 5.01. The van der Waals surface area contributed by atoms with Crippen LogP contribution < -0.4 is 0 Å². The fourth-order valence-corrected chi connectivity index (χ4v) is 1.89. The smallest absolute Gasteiger partial charge is 0.258 e. The van der Waals surface area contributed by atoms with E-state index in [9.17, 15) is 10.1 Å². The van der Waals surface area contributed by atoms with E-state index in [-0.39, 0.29) is 16.4 Å². The number of hydrogen-bond acceptors (Lipinski definition) is 4. The number of nitrogens with zero attached hydrogens (tertiary/aromatic N) is 3. The molecule has 2 rings (SSSR count). The number of nitro groups is 1. The van der Waals surface area contributed by atoms with Gasteiger partial charge in [-0.05, 0) is 28.1 Å². The number of aromatic nitrogens is 2. The zero-order valence-electron chi connectivity index (χ0n) is 7.15. The van der Waals surface area contributed by atoms with Crippen molar-refractivity contribution in [2.45, 2.75) is 0 Å². The van der Waals surface area contributed by atoms with Gasteiger partial charge >= 0.3 is 5.69 Å². The zero-order valence-corrected chi connectivity index (χ0v) is 9.49. The fraction of sp³-hybridized carbons (Fsp3) is 0. The molecule has 76 valence electrons. The van der Waals surface area contributed by atoms with Gasteiger partial charge in [-0.3, -0.25) is 10.1 Å². The largest absolute Gasteiger partial charge is 0.309 e. The summed E-state index contributed by atoms with van der Waals surface area (Å²) in [5.41, 5.74) is 0.131. The quantitative estimate of drug-likeness (QED) is 0.459. The van der Waals surface area contributed by atoms with Crippen molar-refractivity contribution in [3.05, 3.63) is 38.2 Å². The number of nitro benzene ring substituents is 1. The highest BCUT2D eigenvalue weighted by Gasteiger charge is 2.19. The Balaban J connectivity index is 2.94. The molecule has 0 unspecified atom stereocenters. The van der Waals surface area contributed by atoms with Gasteiger partial charge in [-0.25, -0.2) is 9.97 Å². The second-order valence-electron chi connectivity index (χ2n) is 2.71. The van der Waals surface area contributed by atoms with Gasteiger partial charge < -0.3 is 0 Å². The lowest BCUT2D eigenvalue weighted by molar-refractivity contribution is -0.384. The van der Waals surface area contributed by atoms with E-state index < -0.39 is 4.92 Å². The lowest BCUT2D eigenvalue weighted by Crippen LogP contribution is -1.94. The average Bonchev–Trinajstić information content (AvgIpc) is 2.17. The first kappa shape index (κ1) is 10.3. The minimum atomic E-state index is -0.504. The third-order valence-electron chi connectivity index (χ3n) is 1.86. The van der Waals surface area contributed by atoms with E-state index in [0.717, 1.165) is 0 Å². The second kappa shape index (κ2) is 3.71. The molecule has 0 aliphatic carbocycles. The van der Waals surface area contributed by atoms with Crippen LogP contribution >= 0.6 is 27.5 Å². The van der Waals surface area contributed by atoms with E-state index in [1.807, 2.05) is 0 Å². The Morgan fingerprint density at radius 3 is 2.80 bits per heavy atom. The van der Waals surface area contributed by atoms with Crippen LogP contribution in [0.4, 0.5) is 5.69 Å². The van der Waals surface area contributed by atoms with Crippen molar-refractivity contribution in [2.75, 3.05) is 0 Å². The molecule has 0 radical (unpaired) electrons. The molecule has 2 aromatic rings. The number of halogens is 2. The summed E-state index contributed by atoms with van der Waals surface area (Å²) in [5.74, 6) is 0. The van der Waals surface area contributed by atoms with Gasteiger partial charge in [-0.1, -0.05) is 11.6 Å². The number of fused-ring (bicyclic) bond motifs is 1. The molecule has 5 nitrogen and oxygen atoms in total. The molecule has 0 atom stereocenters. The van der Waals surface area contributed by atoms with Crippen molar-refractivity contribution in [3.8, 4) is 0 Å². The first-order valence-electron chi connectivity index (χ1n) is 3.84. The maximum Gasteiger partial charge on any atom is 0.309 e. The summed E-state index contributed by atoms with van der Waals surface area (Å²) < 4.78 is 0.370. The van der Waals surface area contributed by atoms with Crippen LogP contribution in [0.25, 0.3) is 10.9 Å². The Bertz CT molecular complexity index is 561. The molecule has 0 saturated carbocycles. The summed E-state index contributed by atoms with van der Waals surface area (Å²) in [7, 11) is 0. The lowest BCUT2D eigenvalue weighted by Gasteiger charge is -2.01. The van der Waals surface area contributed by atoms with Crippen LogP contribution in [0.5, 0.6) is 0 Å². The highest BCUT2D eigenvalue weighted by molar-refractivity contribution is 9.10. The van der Waals surface area contributed by atoms with Crippen molar-refractivity contribution in [1.82, 2.24) is 9.97 Å². The van der Waals surface area contributed by atoms with Gasteiger partial charge in [0.2, 0.25) is 0 Å². The topological polar surface area (TPSA) is 68.9 Å². The molecule has 0 fully saturated rings. The SMILES string of the molecule is O=[N+]([O-])c1c(Br)ccc2c(Cl)ncnc12. The number of hydrogen-bond donors (Lipinski definition) is 0. The summed E-state index contributed by atoms with van der Waals surface area (Å²) in [5, 5.41) is 11.5. The molecule has 0 N–H and O–H groups in total. The summed E-state index contributed by atoms with van der Waals surface area (Å²) in [6, 6.07) is 3.18. The van der Waals surface area contributed by atoms with Gasteiger partial charge in [0.25, 0.3) is 0 Å². The molecular weight excluding hydrogens is 285 g/mol. The Morgan fingerprint density at radius 1 is 1.40 bits per heavy atom. The molecule has 0 aliphatic heterocycles. The van der Waals surface area contributed by atoms with Crippen molar-refractivity contribution in [1.29, 1.82) is 0 Å². The summed E-state index contributed by atoms with van der Waals surface area (Å²) in [4.78, 5) is 17.9. The monoisotopic (exact) mass is 287 g/mol. The highest BCUT2D eigenvalue weighted by Crippen LogP contribution is 2.33. The zero-order chi connectivity index (χ0) is 11.0. The summed E-state index contributed by atoms with van der Waals surface area (Å²) in [6.07, 6.45) is 1.20. The van der Waals surface area contributed by atoms with Gasteiger partial charge in [0.15, 0.2) is 5.52 Å². The lowest BCUT2D eigenvalue weighted by atomic mass is 10.2. The van der Waals surface area contributed by atoms with Crippen molar-refractivity contribution < 1.29 is 4.92 Å². The standard InChI is InChI=1S/C8H3BrClN3O2/c9-5-2-1-4-6(7(5)13(14)15)11-3-12-8(4)10/h1-3H. The van der Waals surface area contributed by atoms with Gasteiger partial charge in [0.05, 0.1) is 9.40 Å². The molecule has 1 aromatic carbocycles. The van der Waals surface area contributed by atoms with E-state index in [1.165, 1.54) is 6.33 Å². The van der Waals surface area contributed by atoms with Gasteiger partial charge in [0.1, 0.15) is 11.5 Å². The normalized spacial score (nSPS) is 10.5. The highest BCUT2D eigenvalue weighted by atomic mass is 79.9. The second-order valence-corrected chi connectivity index (χ2v) is 3.93. The van der Waals surface area contributed by atoms with Crippen LogP contribution in [-0.4, -0.2) is 14.9 Å². The molecule has 0 bridgehead atoms. The third kappa shape index (κ3) is 1.66. The van der Waals surface area contributed by atoms with E-state index in [2.05, 4.69) is 25.9 Å². The number of benzene rings is 1. The predicted octanol–water partition coefficient (Wildman–Crippen LogP) is 2.95. The van der Waals surface area contributed by atoms with E-state index in [0.29, 0.717) is 9.86 Å². The molecule has 0 spiro atoms.